The first kappa shape index (κ1) is 24.5. The largest absolute Gasteiger partial charge is 0.508 e. The molecule has 1 aliphatic carbocycles. The van der Waals surface area contributed by atoms with Crippen LogP contribution >= 0.6 is 0 Å². The maximum atomic E-state index is 13.8. The minimum absolute atomic E-state index is 0.0352. The van der Waals surface area contributed by atoms with Crippen LogP contribution in [0.4, 0.5) is 4.39 Å². The van der Waals surface area contributed by atoms with Crippen molar-refractivity contribution in [1.82, 2.24) is 0 Å². The summed E-state index contributed by atoms with van der Waals surface area (Å²) >= 11 is 0. The Labute approximate surface area is 200 Å². The number of rotatable bonds is 3. The second-order valence-electron chi connectivity index (χ2n) is 10.0. The van der Waals surface area contributed by atoms with E-state index in [1.165, 1.54) is 7.11 Å². The number of ether oxygens (including phenoxy) is 2. The number of hydrogen-bond donors (Lipinski definition) is 1. The standard InChI is InChI=1S/C15H20BFO2.C11H12O4/c1-14(2)15(3,4)19-16(18-14)12-8-9-13(17)11-7-5-6-10(11)12;1-14-11(13)4-7-6-15-10-5-8(12)2-3-9(7)10/h8-9H,5-7H2,1-4H3;2-3,5,7,12H,4,6H2,1H3. The van der Waals surface area contributed by atoms with Gasteiger partial charge in [0.05, 0.1) is 31.3 Å². The van der Waals surface area contributed by atoms with Gasteiger partial charge in [-0.2, -0.15) is 0 Å². The molecule has 0 aromatic heterocycles. The third kappa shape index (κ3) is 4.66. The summed E-state index contributed by atoms with van der Waals surface area (Å²) < 4.78 is 35.9. The Morgan fingerprint density at radius 2 is 1.79 bits per heavy atom. The molecule has 182 valence electrons. The van der Waals surface area contributed by atoms with Gasteiger partial charge in [-0.1, -0.05) is 12.1 Å². The third-order valence-corrected chi connectivity index (χ3v) is 7.29. The van der Waals surface area contributed by atoms with Gasteiger partial charge in [0.1, 0.15) is 17.3 Å². The summed E-state index contributed by atoms with van der Waals surface area (Å²) in [6.45, 7) is 8.62. The van der Waals surface area contributed by atoms with Crippen molar-refractivity contribution in [1.29, 1.82) is 0 Å². The summed E-state index contributed by atoms with van der Waals surface area (Å²) in [5.74, 6) is 0.529. The fraction of sp³-hybridized carbons (Fsp3) is 0.500. The minimum Gasteiger partial charge on any atom is -0.508 e. The predicted octanol–water partition coefficient (Wildman–Crippen LogP) is 4.04. The predicted molar refractivity (Wildman–Crippen MR) is 127 cm³/mol. The summed E-state index contributed by atoms with van der Waals surface area (Å²) in [7, 11) is 0.994. The minimum atomic E-state index is -0.377. The van der Waals surface area contributed by atoms with Crippen LogP contribution in [0.3, 0.4) is 0 Å². The molecular weight excluding hydrogens is 438 g/mol. The smallest absolute Gasteiger partial charge is 0.495 e. The Balaban J connectivity index is 0.000000166. The zero-order valence-corrected chi connectivity index (χ0v) is 20.4. The molecule has 1 unspecified atom stereocenters. The van der Waals surface area contributed by atoms with E-state index in [-0.39, 0.29) is 41.8 Å². The first-order chi connectivity index (χ1) is 16.0. The van der Waals surface area contributed by atoms with Crippen molar-refractivity contribution < 1.29 is 33.1 Å². The van der Waals surface area contributed by atoms with E-state index < -0.39 is 0 Å². The van der Waals surface area contributed by atoms with E-state index in [1.54, 1.807) is 24.3 Å². The van der Waals surface area contributed by atoms with E-state index in [0.29, 0.717) is 18.8 Å². The number of carbonyl (C=O) groups is 1. The maximum Gasteiger partial charge on any atom is 0.495 e. The lowest BCUT2D eigenvalue weighted by atomic mass is 9.75. The number of phenolic OH excluding ortho intramolecular Hbond substituents is 1. The molecule has 1 atom stereocenters. The Hall–Kier alpha value is -2.58. The van der Waals surface area contributed by atoms with Gasteiger partial charge in [-0.15, -0.1) is 0 Å². The van der Waals surface area contributed by atoms with Crippen LogP contribution in [0.2, 0.25) is 0 Å². The molecule has 34 heavy (non-hydrogen) atoms. The van der Waals surface area contributed by atoms with Gasteiger partial charge in [0.2, 0.25) is 0 Å². The highest BCUT2D eigenvalue weighted by Crippen LogP contribution is 2.38. The van der Waals surface area contributed by atoms with Gasteiger partial charge in [0.25, 0.3) is 0 Å². The molecule has 1 saturated heterocycles. The molecule has 2 aliphatic heterocycles. The lowest BCUT2D eigenvalue weighted by Gasteiger charge is -2.32. The Morgan fingerprint density at radius 3 is 2.47 bits per heavy atom. The lowest BCUT2D eigenvalue weighted by molar-refractivity contribution is -0.141. The fourth-order valence-electron chi connectivity index (χ4n) is 4.60. The first-order valence-electron chi connectivity index (χ1n) is 11.7. The van der Waals surface area contributed by atoms with Crippen molar-refractivity contribution in [2.24, 2.45) is 0 Å². The average molecular weight is 470 g/mol. The molecule has 0 saturated carbocycles. The van der Waals surface area contributed by atoms with Crippen LogP contribution < -0.4 is 10.2 Å². The lowest BCUT2D eigenvalue weighted by Crippen LogP contribution is -2.41. The summed E-state index contributed by atoms with van der Waals surface area (Å²) in [6, 6.07) is 8.31. The van der Waals surface area contributed by atoms with E-state index in [9.17, 15) is 14.3 Å². The molecule has 0 spiro atoms. The van der Waals surface area contributed by atoms with Crippen LogP contribution in [0.5, 0.6) is 11.5 Å². The van der Waals surface area contributed by atoms with Crippen molar-refractivity contribution in [3.63, 3.8) is 0 Å². The Morgan fingerprint density at radius 1 is 1.12 bits per heavy atom. The van der Waals surface area contributed by atoms with Crippen LogP contribution in [0.25, 0.3) is 0 Å². The van der Waals surface area contributed by atoms with Gasteiger partial charge in [0, 0.05) is 17.5 Å². The third-order valence-electron chi connectivity index (χ3n) is 7.29. The average Bonchev–Trinajstić information content (AvgIpc) is 3.46. The number of fused-ring (bicyclic) bond motifs is 2. The summed E-state index contributed by atoms with van der Waals surface area (Å²) in [6.07, 6.45) is 3.08. The van der Waals surface area contributed by atoms with Crippen LogP contribution in [-0.4, -0.2) is 43.1 Å². The van der Waals surface area contributed by atoms with Crippen molar-refractivity contribution in [2.75, 3.05) is 13.7 Å². The molecule has 2 aromatic carbocycles. The SMILES string of the molecule is CC1(C)OB(c2ccc(F)c3c2CCC3)OC1(C)C.COC(=O)CC1COc2cc(O)ccc21. The van der Waals surface area contributed by atoms with E-state index in [1.807, 2.05) is 33.8 Å². The number of benzene rings is 2. The molecular formula is C26H32BFO6. The van der Waals surface area contributed by atoms with Crippen LogP contribution in [0, 0.1) is 5.82 Å². The molecule has 1 fully saturated rings. The topological polar surface area (TPSA) is 74.2 Å². The van der Waals surface area contributed by atoms with E-state index in [4.69, 9.17) is 14.0 Å². The first-order valence-corrected chi connectivity index (χ1v) is 11.7. The normalized spacial score (nSPS) is 21.2. The quantitative estimate of drug-likeness (QED) is 0.539. The van der Waals surface area contributed by atoms with Crippen LogP contribution in [0.15, 0.2) is 30.3 Å². The van der Waals surface area contributed by atoms with E-state index in [0.717, 1.165) is 41.4 Å². The van der Waals surface area contributed by atoms with Gasteiger partial charge in [0.15, 0.2) is 0 Å². The van der Waals surface area contributed by atoms with Crippen molar-refractivity contribution >= 4 is 18.6 Å². The molecule has 2 aromatic rings. The highest BCUT2D eigenvalue weighted by molar-refractivity contribution is 6.62. The number of hydrogen-bond acceptors (Lipinski definition) is 6. The second kappa shape index (κ2) is 9.23. The Bertz CT molecular complexity index is 1070. The number of phenols is 1. The fourth-order valence-corrected chi connectivity index (χ4v) is 4.60. The van der Waals surface area contributed by atoms with Gasteiger partial charge >= 0.3 is 13.1 Å². The summed E-state index contributed by atoms with van der Waals surface area (Å²) in [5.41, 5.74) is 3.21. The summed E-state index contributed by atoms with van der Waals surface area (Å²) in [4.78, 5) is 11.1. The van der Waals surface area contributed by atoms with Crippen molar-refractivity contribution in [3.05, 3.63) is 52.8 Å². The van der Waals surface area contributed by atoms with Crippen molar-refractivity contribution in [3.8, 4) is 11.5 Å². The highest BCUT2D eigenvalue weighted by atomic mass is 19.1. The summed E-state index contributed by atoms with van der Waals surface area (Å²) in [5, 5.41) is 9.24. The van der Waals surface area contributed by atoms with Gasteiger partial charge in [-0.25, -0.2) is 4.39 Å². The molecule has 8 heteroatoms. The molecule has 2 heterocycles. The number of esters is 1. The van der Waals surface area contributed by atoms with Crippen molar-refractivity contribution in [2.45, 2.75) is 70.5 Å². The van der Waals surface area contributed by atoms with Gasteiger partial charge < -0.3 is 23.9 Å². The molecule has 5 rings (SSSR count). The maximum absolute atomic E-state index is 13.8. The molecule has 6 nitrogen and oxygen atoms in total. The highest BCUT2D eigenvalue weighted by Gasteiger charge is 2.52. The van der Waals surface area contributed by atoms with Crippen LogP contribution in [0.1, 0.15) is 63.1 Å². The Kier molecular flexibility index (Phi) is 6.66. The zero-order chi connectivity index (χ0) is 24.7. The number of halogens is 1. The molecule has 3 aliphatic rings. The van der Waals surface area contributed by atoms with Crippen LogP contribution in [-0.2, 0) is 31.7 Å². The zero-order valence-electron chi connectivity index (χ0n) is 20.4. The van der Waals surface area contributed by atoms with Gasteiger partial charge in [-0.3, -0.25) is 4.79 Å². The molecule has 0 radical (unpaired) electrons. The second-order valence-corrected chi connectivity index (χ2v) is 10.0. The monoisotopic (exact) mass is 470 g/mol. The number of aromatic hydroxyl groups is 1. The number of carbonyl (C=O) groups excluding carboxylic acids is 1. The number of methoxy groups -OCH3 is 1. The molecule has 0 bridgehead atoms. The molecule has 0 amide bonds. The van der Waals surface area contributed by atoms with E-state index in [2.05, 4.69) is 4.74 Å². The van der Waals surface area contributed by atoms with E-state index >= 15 is 0 Å². The molecule has 1 N–H and O–H groups in total. The van der Waals surface area contributed by atoms with Gasteiger partial charge in [-0.05, 0) is 75.7 Å².